The molecule has 0 atom stereocenters. The van der Waals surface area contributed by atoms with Crippen molar-refractivity contribution in [3.63, 3.8) is 0 Å². The lowest BCUT2D eigenvalue weighted by Crippen LogP contribution is -2.29. The fourth-order valence-corrected chi connectivity index (χ4v) is 3.69. The third kappa shape index (κ3) is 3.75. The lowest BCUT2D eigenvalue weighted by Gasteiger charge is -2.29. The van der Waals surface area contributed by atoms with Crippen molar-refractivity contribution in [3.8, 4) is 5.75 Å². The van der Waals surface area contributed by atoms with Crippen LogP contribution in [0.15, 0.2) is 41.2 Å². The van der Waals surface area contributed by atoms with Crippen molar-refractivity contribution in [1.82, 2.24) is 0 Å². The van der Waals surface area contributed by atoms with E-state index in [1.165, 1.54) is 0 Å². The highest BCUT2D eigenvalue weighted by Gasteiger charge is 2.26. The summed E-state index contributed by atoms with van der Waals surface area (Å²) in [5, 5.41) is 1.39. The minimum atomic E-state index is -0.673. The first-order valence-corrected chi connectivity index (χ1v) is 9.34. The Balaban J connectivity index is 2.09. The normalized spacial score (nSPS) is 12.7. The van der Waals surface area contributed by atoms with Gasteiger partial charge in [0.1, 0.15) is 11.4 Å². The number of hydrogen-bond acceptors (Lipinski definition) is 5. The molecule has 2 aromatic carbocycles. The van der Waals surface area contributed by atoms with Crippen LogP contribution < -0.4 is 10.2 Å². The third-order valence-corrected chi connectivity index (χ3v) is 5.21. The van der Waals surface area contributed by atoms with Crippen LogP contribution >= 0.6 is 11.3 Å². The number of fused-ring (bicyclic) bond motifs is 2. The zero-order chi connectivity index (χ0) is 19.1. The van der Waals surface area contributed by atoms with Crippen LogP contribution in [0.5, 0.6) is 5.75 Å². The molecule has 0 spiro atoms. The Morgan fingerprint density at radius 2 is 1.58 bits per heavy atom. The van der Waals surface area contributed by atoms with Crippen LogP contribution in [0.2, 0.25) is 0 Å². The highest BCUT2D eigenvalue weighted by atomic mass is 32.1. The second-order valence-electron chi connectivity index (χ2n) is 7.79. The van der Waals surface area contributed by atoms with Crippen LogP contribution in [0.4, 0.5) is 0 Å². The number of hydrogen-bond donors (Lipinski definition) is 0. The van der Waals surface area contributed by atoms with Crippen LogP contribution in [0, 0.1) is 0 Å². The Bertz CT molecular complexity index is 1010. The van der Waals surface area contributed by atoms with Crippen molar-refractivity contribution in [3.05, 3.63) is 52.2 Å². The van der Waals surface area contributed by atoms with E-state index in [2.05, 4.69) is 0 Å². The molecule has 0 saturated carbocycles. The van der Waals surface area contributed by atoms with Gasteiger partial charge >= 0.3 is 0 Å². The van der Waals surface area contributed by atoms with E-state index in [1.54, 1.807) is 18.4 Å². The van der Waals surface area contributed by atoms with Gasteiger partial charge in [0.15, 0.2) is 5.43 Å². The van der Waals surface area contributed by atoms with Gasteiger partial charge < -0.3 is 4.74 Å². The molecule has 1 heterocycles. The first-order chi connectivity index (χ1) is 12.1. The Morgan fingerprint density at radius 1 is 0.846 bits per heavy atom. The van der Waals surface area contributed by atoms with Gasteiger partial charge in [-0.1, -0.05) is 6.07 Å². The molecule has 26 heavy (non-hydrogen) atoms. The summed E-state index contributed by atoms with van der Waals surface area (Å²) in [6.07, 6.45) is 0. The summed E-state index contributed by atoms with van der Waals surface area (Å²) in [4.78, 5) is 24.1. The maximum absolute atomic E-state index is 13.0. The predicted octanol–water partition coefficient (Wildman–Crippen LogP) is 5.41. The van der Waals surface area contributed by atoms with Gasteiger partial charge in [0.25, 0.3) is 0 Å². The molecule has 0 aliphatic carbocycles. The van der Waals surface area contributed by atoms with Gasteiger partial charge in [-0.15, -0.1) is 11.3 Å². The molecule has 5 heteroatoms. The number of methoxy groups -OCH3 is 1. The molecule has 0 bridgehead atoms. The molecule has 4 nitrogen and oxygen atoms in total. The van der Waals surface area contributed by atoms with Crippen molar-refractivity contribution in [2.45, 2.75) is 45.8 Å². The SMILES string of the molecule is COc1ccc2c(=O)c3cc(C(C)(C)OOC(C)(C)C)ccc3sc2c1. The molecule has 138 valence electrons. The summed E-state index contributed by atoms with van der Waals surface area (Å²) < 4.78 is 7.12. The molecular formula is C21H24O4S. The van der Waals surface area contributed by atoms with Gasteiger partial charge in [-0.2, -0.15) is 0 Å². The number of benzene rings is 2. The van der Waals surface area contributed by atoms with E-state index in [9.17, 15) is 4.79 Å². The second-order valence-corrected chi connectivity index (χ2v) is 8.88. The van der Waals surface area contributed by atoms with Crippen molar-refractivity contribution >= 4 is 31.5 Å². The fraction of sp³-hybridized carbons (Fsp3) is 0.381. The molecule has 0 amide bonds. The van der Waals surface area contributed by atoms with E-state index in [0.717, 1.165) is 20.7 Å². The van der Waals surface area contributed by atoms with Crippen LogP contribution in [0.25, 0.3) is 20.2 Å². The molecule has 3 aromatic rings. The largest absolute Gasteiger partial charge is 0.497 e. The fourth-order valence-electron chi connectivity index (χ4n) is 2.61. The summed E-state index contributed by atoms with van der Waals surface area (Å²) in [6.45, 7) is 9.66. The molecule has 0 radical (unpaired) electrons. The molecule has 0 fully saturated rings. The molecule has 0 unspecified atom stereocenters. The first-order valence-electron chi connectivity index (χ1n) is 8.53. The highest BCUT2D eigenvalue weighted by molar-refractivity contribution is 7.24. The topological polar surface area (TPSA) is 44.8 Å². The zero-order valence-corrected chi connectivity index (χ0v) is 16.8. The first kappa shape index (κ1) is 18.8. The maximum atomic E-state index is 13.0. The standard InChI is InChI=1S/C21H24O4S/c1-20(2,3)24-25-21(4,5)13-7-10-17-16(11-13)19(22)15-9-8-14(23-6)12-18(15)26-17/h7-12H,1-6H3. The molecule has 0 N–H and O–H groups in total. The zero-order valence-electron chi connectivity index (χ0n) is 16.0. The van der Waals surface area contributed by atoms with Crippen molar-refractivity contribution in [2.24, 2.45) is 0 Å². The highest BCUT2D eigenvalue weighted by Crippen LogP contribution is 2.32. The van der Waals surface area contributed by atoms with E-state index in [-0.39, 0.29) is 5.43 Å². The van der Waals surface area contributed by atoms with E-state index in [1.807, 2.05) is 71.0 Å². The van der Waals surface area contributed by atoms with Gasteiger partial charge in [-0.25, -0.2) is 9.78 Å². The maximum Gasteiger partial charge on any atom is 0.195 e. The number of ether oxygens (including phenoxy) is 1. The Kier molecular flexibility index (Phi) is 4.82. The van der Waals surface area contributed by atoms with Crippen LogP contribution in [-0.4, -0.2) is 12.7 Å². The van der Waals surface area contributed by atoms with Gasteiger partial charge in [-0.05, 0) is 70.5 Å². The minimum Gasteiger partial charge on any atom is -0.497 e. The molecule has 3 rings (SSSR count). The Labute approximate surface area is 157 Å². The lowest BCUT2D eigenvalue weighted by molar-refractivity contribution is -0.401. The molecule has 0 aliphatic heterocycles. The second kappa shape index (κ2) is 6.65. The summed E-state index contributed by atoms with van der Waals surface area (Å²) in [5.74, 6) is 0.748. The van der Waals surface area contributed by atoms with E-state index < -0.39 is 11.2 Å². The van der Waals surface area contributed by atoms with Crippen molar-refractivity contribution in [2.75, 3.05) is 7.11 Å². The quantitative estimate of drug-likeness (QED) is 0.349. The Morgan fingerprint density at radius 3 is 2.23 bits per heavy atom. The minimum absolute atomic E-state index is 0.0193. The molecule has 1 aromatic heterocycles. The molecule has 0 saturated heterocycles. The van der Waals surface area contributed by atoms with Crippen molar-refractivity contribution in [1.29, 1.82) is 0 Å². The van der Waals surface area contributed by atoms with Crippen LogP contribution in [0.1, 0.15) is 40.2 Å². The monoisotopic (exact) mass is 372 g/mol. The average molecular weight is 372 g/mol. The van der Waals surface area contributed by atoms with Gasteiger partial charge in [-0.3, -0.25) is 4.79 Å². The third-order valence-electron chi connectivity index (χ3n) is 4.07. The molecule has 0 aliphatic rings. The van der Waals surface area contributed by atoms with Crippen molar-refractivity contribution < 1.29 is 14.5 Å². The summed E-state index contributed by atoms with van der Waals surface area (Å²) >= 11 is 1.58. The summed E-state index contributed by atoms with van der Waals surface area (Å²) in [7, 11) is 1.62. The summed E-state index contributed by atoms with van der Waals surface area (Å²) in [5.41, 5.74) is -0.167. The van der Waals surface area contributed by atoms with Gasteiger partial charge in [0.05, 0.1) is 12.7 Å². The van der Waals surface area contributed by atoms with E-state index in [0.29, 0.717) is 10.8 Å². The van der Waals surface area contributed by atoms with E-state index in [4.69, 9.17) is 14.5 Å². The predicted molar refractivity (Wildman–Crippen MR) is 107 cm³/mol. The van der Waals surface area contributed by atoms with Crippen LogP contribution in [0.3, 0.4) is 0 Å². The van der Waals surface area contributed by atoms with Crippen LogP contribution in [-0.2, 0) is 15.4 Å². The Hall–Kier alpha value is -1.95. The van der Waals surface area contributed by atoms with Gasteiger partial charge in [0, 0.05) is 20.2 Å². The summed E-state index contributed by atoms with van der Waals surface area (Å²) in [6, 6.07) is 11.4. The van der Waals surface area contributed by atoms with E-state index >= 15 is 0 Å². The average Bonchev–Trinajstić information content (AvgIpc) is 2.59. The molecular weight excluding hydrogens is 348 g/mol. The number of rotatable bonds is 4. The van der Waals surface area contributed by atoms with Gasteiger partial charge in [0.2, 0.25) is 0 Å². The smallest absolute Gasteiger partial charge is 0.195 e. The lowest BCUT2D eigenvalue weighted by atomic mass is 9.97.